The highest BCUT2D eigenvalue weighted by Gasteiger charge is 2.14. The number of methoxy groups -OCH3 is 1. The molecule has 1 aromatic carbocycles. The molecule has 0 aromatic heterocycles. The van der Waals surface area contributed by atoms with Crippen molar-refractivity contribution in [1.82, 2.24) is 0 Å². The largest absolute Gasteiger partial charge is 0.495 e. The van der Waals surface area contributed by atoms with Gasteiger partial charge in [0.15, 0.2) is 0 Å². The quantitative estimate of drug-likeness (QED) is 0.829. The highest BCUT2D eigenvalue weighted by atomic mass is 16.5. The lowest BCUT2D eigenvalue weighted by Crippen LogP contribution is -2.12. The van der Waals surface area contributed by atoms with Crippen LogP contribution in [-0.4, -0.2) is 26.4 Å². The van der Waals surface area contributed by atoms with Crippen LogP contribution in [0, 0.1) is 0 Å². The number of benzene rings is 1. The summed E-state index contributed by atoms with van der Waals surface area (Å²) in [7, 11) is 1.70. The topological polar surface area (TPSA) is 30.5 Å². The molecule has 0 amide bonds. The Balaban J connectivity index is 1.79. The molecule has 1 saturated heterocycles. The second-order valence-electron chi connectivity index (χ2n) is 4.05. The number of nitrogens with one attached hydrogen (secondary N) is 1. The van der Waals surface area contributed by atoms with Crippen molar-refractivity contribution in [2.75, 3.05) is 25.6 Å². The van der Waals surface area contributed by atoms with Gasteiger partial charge in [-0.25, -0.2) is 0 Å². The maximum Gasteiger partial charge on any atom is 0.141 e. The van der Waals surface area contributed by atoms with E-state index in [0.29, 0.717) is 6.10 Å². The van der Waals surface area contributed by atoms with Crippen molar-refractivity contribution >= 4 is 5.69 Å². The molecule has 1 unspecified atom stereocenters. The smallest absolute Gasteiger partial charge is 0.141 e. The second-order valence-corrected chi connectivity index (χ2v) is 4.05. The molecule has 1 aliphatic rings. The minimum Gasteiger partial charge on any atom is -0.495 e. The summed E-state index contributed by atoms with van der Waals surface area (Å²) in [6.07, 6.45) is 3.92. The van der Waals surface area contributed by atoms with Crippen molar-refractivity contribution in [2.45, 2.75) is 25.4 Å². The van der Waals surface area contributed by atoms with Gasteiger partial charge >= 0.3 is 0 Å². The molecule has 0 aliphatic carbocycles. The SMILES string of the molecule is COc1ccccc1NCCC1CCCO1. The Bertz CT molecular complexity index is 321. The molecule has 2 rings (SSSR count). The van der Waals surface area contributed by atoms with Gasteiger partial charge in [0.25, 0.3) is 0 Å². The van der Waals surface area contributed by atoms with E-state index in [-0.39, 0.29) is 0 Å². The predicted molar refractivity (Wildman–Crippen MR) is 65.1 cm³/mol. The molecule has 0 bridgehead atoms. The normalized spacial score (nSPS) is 19.7. The van der Waals surface area contributed by atoms with Gasteiger partial charge in [-0.15, -0.1) is 0 Å². The van der Waals surface area contributed by atoms with Crippen molar-refractivity contribution in [2.24, 2.45) is 0 Å². The van der Waals surface area contributed by atoms with Crippen molar-refractivity contribution in [3.05, 3.63) is 24.3 Å². The van der Waals surface area contributed by atoms with E-state index in [4.69, 9.17) is 9.47 Å². The summed E-state index contributed by atoms with van der Waals surface area (Å²) in [6, 6.07) is 7.99. The van der Waals surface area contributed by atoms with Gasteiger partial charge in [0, 0.05) is 13.2 Å². The number of ether oxygens (including phenoxy) is 2. The molecule has 1 N–H and O–H groups in total. The predicted octanol–water partition coefficient (Wildman–Crippen LogP) is 2.68. The summed E-state index contributed by atoms with van der Waals surface area (Å²) in [6.45, 7) is 1.87. The van der Waals surface area contributed by atoms with E-state index >= 15 is 0 Å². The summed E-state index contributed by atoms with van der Waals surface area (Å²) in [5.41, 5.74) is 1.06. The Morgan fingerprint density at radius 2 is 2.31 bits per heavy atom. The first kappa shape index (κ1) is 11.3. The van der Waals surface area contributed by atoms with Gasteiger partial charge in [0.1, 0.15) is 5.75 Å². The monoisotopic (exact) mass is 221 g/mol. The van der Waals surface area contributed by atoms with E-state index in [2.05, 4.69) is 5.32 Å². The van der Waals surface area contributed by atoms with Crippen LogP contribution >= 0.6 is 0 Å². The molecule has 1 aromatic rings. The van der Waals surface area contributed by atoms with E-state index in [1.807, 2.05) is 24.3 Å². The van der Waals surface area contributed by atoms with E-state index in [1.165, 1.54) is 12.8 Å². The average Bonchev–Trinajstić information content (AvgIpc) is 2.83. The van der Waals surface area contributed by atoms with Crippen LogP contribution in [0.25, 0.3) is 0 Å². The molecule has 3 nitrogen and oxygen atoms in total. The van der Waals surface area contributed by atoms with Crippen molar-refractivity contribution in [1.29, 1.82) is 0 Å². The van der Waals surface area contributed by atoms with Gasteiger partial charge in [0.2, 0.25) is 0 Å². The van der Waals surface area contributed by atoms with Crippen molar-refractivity contribution in [3.8, 4) is 5.75 Å². The maximum absolute atomic E-state index is 5.58. The van der Waals surface area contributed by atoms with Gasteiger partial charge < -0.3 is 14.8 Å². The molecule has 1 atom stereocenters. The Kier molecular flexibility index (Phi) is 4.05. The Morgan fingerprint density at radius 3 is 3.06 bits per heavy atom. The number of para-hydroxylation sites is 2. The molecular weight excluding hydrogens is 202 g/mol. The summed E-state index contributed by atoms with van der Waals surface area (Å²) in [4.78, 5) is 0. The first-order chi connectivity index (χ1) is 7.90. The van der Waals surface area contributed by atoms with Gasteiger partial charge in [0.05, 0.1) is 18.9 Å². The lowest BCUT2D eigenvalue weighted by molar-refractivity contribution is 0.107. The Hall–Kier alpha value is -1.22. The first-order valence-electron chi connectivity index (χ1n) is 5.88. The van der Waals surface area contributed by atoms with Crippen LogP contribution < -0.4 is 10.1 Å². The molecule has 1 fully saturated rings. The third kappa shape index (κ3) is 2.89. The minimum absolute atomic E-state index is 0.446. The average molecular weight is 221 g/mol. The van der Waals surface area contributed by atoms with Crippen LogP contribution in [0.2, 0.25) is 0 Å². The molecule has 0 radical (unpaired) electrons. The third-order valence-corrected chi connectivity index (χ3v) is 2.91. The van der Waals surface area contributed by atoms with Gasteiger partial charge in [-0.1, -0.05) is 12.1 Å². The van der Waals surface area contributed by atoms with Gasteiger partial charge in [-0.2, -0.15) is 0 Å². The van der Waals surface area contributed by atoms with Crippen LogP contribution in [-0.2, 0) is 4.74 Å². The third-order valence-electron chi connectivity index (χ3n) is 2.91. The fourth-order valence-corrected chi connectivity index (χ4v) is 2.03. The standard InChI is InChI=1S/C13H19NO2/c1-15-13-7-3-2-6-12(13)14-9-8-11-5-4-10-16-11/h2-3,6-7,11,14H,4-5,8-10H2,1H3. The first-order valence-corrected chi connectivity index (χ1v) is 5.88. The maximum atomic E-state index is 5.58. The lowest BCUT2D eigenvalue weighted by atomic mass is 10.2. The van der Waals surface area contributed by atoms with Crippen LogP contribution in [0.1, 0.15) is 19.3 Å². The van der Waals surface area contributed by atoms with Crippen molar-refractivity contribution in [3.63, 3.8) is 0 Å². The van der Waals surface area contributed by atoms with E-state index < -0.39 is 0 Å². The zero-order chi connectivity index (χ0) is 11.2. The fraction of sp³-hybridized carbons (Fsp3) is 0.538. The minimum atomic E-state index is 0.446. The highest BCUT2D eigenvalue weighted by molar-refractivity contribution is 5.55. The lowest BCUT2D eigenvalue weighted by Gasteiger charge is -2.13. The van der Waals surface area contributed by atoms with Gasteiger partial charge in [-0.3, -0.25) is 0 Å². The number of rotatable bonds is 5. The number of hydrogen-bond donors (Lipinski definition) is 1. The summed E-state index contributed by atoms with van der Waals surface area (Å²) in [5, 5.41) is 3.39. The summed E-state index contributed by atoms with van der Waals surface area (Å²) < 4.78 is 10.9. The van der Waals surface area contributed by atoms with Gasteiger partial charge in [-0.05, 0) is 31.4 Å². The number of anilines is 1. The zero-order valence-corrected chi connectivity index (χ0v) is 9.74. The summed E-state index contributed by atoms with van der Waals surface area (Å²) >= 11 is 0. The molecule has 0 saturated carbocycles. The number of hydrogen-bond acceptors (Lipinski definition) is 3. The van der Waals surface area contributed by atoms with E-state index in [9.17, 15) is 0 Å². The van der Waals surface area contributed by atoms with Crippen LogP contribution in [0.4, 0.5) is 5.69 Å². The molecular formula is C13H19NO2. The fourth-order valence-electron chi connectivity index (χ4n) is 2.03. The Labute approximate surface area is 96.8 Å². The molecule has 1 aliphatic heterocycles. The molecule has 0 spiro atoms. The second kappa shape index (κ2) is 5.75. The molecule has 1 heterocycles. The highest BCUT2D eigenvalue weighted by Crippen LogP contribution is 2.23. The van der Waals surface area contributed by atoms with Crippen LogP contribution in [0.3, 0.4) is 0 Å². The molecule has 88 valence electrons. The van der Waals surface area contributed by atoms with Crippen LogP contribution in [0.5, 0.6) is 5.75 Å². The zero-order valence-electron chi connectivity index (χ0n) is 9.74. The Morgan fingerprint density at radius 1 is 1.44 bits per heavy atom. The van der Waals surface area contributed by atoms with E-state index in [0.717, 1.165) is 31.0 Å². The molecule has 16 heavy (non-hydrogen) atoms. The molecule has 3 heteroatoms. The van der Waals surface area contributed by atoms with Crippen molar-refractivity contribution < 1.29 is 9.47 Å². The van der Waals surface area contributed by atoms with E-state index in [1.54, 1.807) is 7.11 Å². The van der Waals surface area contributed by atoms with Crippen LogP contribution in [0.15, 0.2) is 24.3 Å². The summed E-state index contributed by atoms with van der Waals surface area (Å²) in [5.74, 6) is 0.898.